The molecule has 2 amide bonds. The summed E-state index contributed by atoms with van der Waals surface area (Å²) in [5, 5.41) is 3.22. The number of benzene rings is 2. The Bertz CT molecular complexity index is 731. The molecule has 0 aliphatic heterocycles. The highest BCUT2D eigenvalue weighted by Crippen LogP contribution is 2.29. The number of carbonyl (C=O) groups is 2. The van der Waals surface area contributed by atoms with Crippen LogP contribution < -0.4 is 5.32 Å². The lowest BCUT2D eigenvalue weighted by atomic mass is 10.1. The van der Waals surface area contributed by atoms with Crippen LogP contribution in [0.1, 0.15) is 5.56 Å². The van der Waals surface area contributed by atoms with E-state index in [1.54, 1.807) is 18.2 Å². The van der Waals surface area contributed by atoms with Gasteiger partial charge >= 0.3 is 0 Å². The molecular formula is C17H15Cl2FN2O2. The Kier molecular flexibility index (Phi) is 6.17. The van der Waals surface area contributed by atoms with Crippen molar-refractivity contribution in [1.82, 2.24) is 4.90 Å². The lowest BCUT2D eigenvalue weighted by Gasteiger charge is -2.17. The molecule has 24 heavy (non-hydrogen) atoms. The average Bonchev–Trinajstić information content (AvgIpc) is 2.53. The van der Waals surface area contributed by atoms with Gasteiger partial charge in [0.05, 0.1) is 28.7 Å². The largest absolute Gasteiger partial charge is 0.336 e. The molecule has 0 bridgehead atoms. The minimum absolute atomic E-state index is 0.0803. The number of nitrogens with zero attached hydrogens (tertiary/aromatic N) is 1. The maximum atomic E-state index is 12.9. The molecule has 0 fully saturated rings. The van der Waals surface area contributed by atoms with E-state index in [0.717, 1.165) is 0 Å². The maximum Gasteiger partial charge on any atom is 0.244 e. The number of hydrogen-bond donors (Lipinski definition) is 1. The van der Waals surface area contributed by atoms with Crippen LogP contribution in [0.25, 0.3) is 0 Å². The zero-order valence-electron chi connectivity index (χ0n) is 12.9. The predicted octanol–water partition coefficient (Wildman–Crippen LogP) is 3.77. The van der Waals surface area contributed by atoms with E-state index in [0.29, 0.717) is 21.3 Å². The second kappa shape index (κ2) is 8.13. The molecule has 0 aliphatic rings. The van der Waals surface area contributed by atoms with Gasteiger partial charge in [0.25, 0.3) is 0 Å². The number of likely N-dealkylation sites (N-methyl/N-ethyl adjacent to an activating group) is 1. The highest BCUT2D eigenvalue weighted by atomic mass is 35.5. The predicted molar refractivity (Wildman–Crippen MR) is 92.8 cm³/mol. The van der Waals surface area contributed by atoms with Crippen LogP contribution in [0.5, 0.6) is 0 Å². The number of amides is 2. The Hall–Kier alpha value is -2.11. The zero-order valence-corrected chi connectivity index (χ0v) is 14.4. The van der Waals surface area contributed by atoms with Gasteiger partial charge in [-0.05, 0) is 29.8 Å². The van der Waals surface area contributed by atoms with Crippen molar-refractivity contribution in [3.8, 4) is 0 Å². The van der Waals surface area contributed by atoms with E-state index in [-0.39, 0.29) is 24.7 Å². The number of rotatable bonds is 5. The van der Waals surface area contributed by atoms with Gasteiger partial charge < -0.3 is 10.2 Å². The lowest BCUT2D eigenvalue weighted by Crippen LogP contribution is -2.35. The summed E-state index contributed by atoms with van der Waals surface area (Å²) < 4.78 is 12.9. The molecule has 7 heteroatoms. The van der Waals surface area contributed by atoms with Crippen LogP contribution in [-0.4, -0.2) is 30.3 Å². The molecule has 0 aromatic heterocycles. The third kappa shape index (κ3) is 4.94. The molecule has 2 aromatic carbocycles. The number of para-hydroxylation sites is 1. The van der Waals surface area contributed by atoms with Gasteiger partial charge in [0.15, 0.2) is 0 Å². The van der Waals surface area contributed by atoms with Crippen molar-refractivity contribution in [1.29, 1.82) is 0 Å². The van der Waals surface area contributed by atoms with E-state index in [1.807, 2.05) is 0 Å². The van der Waals surface area contributed by atoms with Crippen LogP contribution >= 0.6 is 23.2 Å². The van der Waals surface area contributed by atoms with Crippen LogP contribution in [-0.2, 0) is 16.0 Å². The molecule has 0 atom stereocenters. The van der Waals surface area contributed by atoms with E-state index in [2.05, 4.69) is 5.32 Å². The Morgan fingerprint density at radius 1 is 1.08 bits per heavy atom. The molecule has 0 aliphatic carbocycles. The summed E-state index contributed by atoms with van der Waals surface area (Å²) in [5.41, 5.74) is 0.980. The Morgan fingerprint density at radius 2 is 1.67 bits per heavy atom. The standard InChI is InChI=1S/C17H15Cl2FN2O2/c1-22(16(24)9-11-5-7-12(20)8-6-11)10-15(23)21-17-13(18)3-2-4-14(17)19/h2-8H,9-10H2,1H3,(H,21,23). The van der Waals surface area contributed by atoms with Crippen LogP contribution in [0, 0.1) is 5.82 Å². The monoisotopic (exact) mass is 368 g/mol. The maximum absolute atomic E-state index is 12.9. The Balaban J connectivity index is 1.93. The van der Waals surface area contributed by atoms with Gasteiger partial charge in [0, 0.05) is 7.05 Å². The fraction of sp³-hybridized carbons (Fsp3) is 0.176. The van der Waals surface area contributed by atoms with Gasteiger partial charge in [0.1, 0.15) is 5.82 Å². The van der Waals surface area contributed by atoms with Crippen molar-refractivity contribution in [3.05, 3.63) is 63.9 Å². The highest BCUT2D eigenvalue weighted by Gasteiger charge is 2.15. The van der Waals surface area contributed by atoms with Crippen LogP contribution in [0.4, 0.5) is 10.1 Å². The summed E-state index contributed by atoms with van der Waals surface area (Å²) in [5.74, 6) is -1.04. The summed E-state index contributed by atoms with van der Waals surface area (Å²) in [6.45, 7) is -0.151. The van der Waals surface area contributed by atoms with Crippen molar-refractivity contribution in [2.75, 3.05) is 18.9 Å². The molecule has 0 heterocycles. The van der Waals surface area contributed by atoms with E-state index in [4.69, 9.17) is 23.2 Å². The van der Waals surface area contributed by atoms with E-state index in [9.17, 15) is 14.0 Å². The second-order valence-electron chi connectivity index (χ2n) is 5.20. The van der Waals surface area contributed by atoms with Crippen LogP contribution in [0.3, 0.4) is 0 Å². The molecule has 1 N–H and O–H groups in total. The number of anilines is 1. The number of hydrogen-bond acceptors (Lipinski definition) is 2. The molecule has 0 unspecified atom stereocenters. The molecule has 0 radical (unpaired) electrons. The number of carbonyl (C=O) groups excluding carboxylic acids is 2. The lowest BCUT2D eigenvalue weighted by molar-refractivity contribution is -0.132. The molecule has 0 spiro atoms. The van der Waals surface area contributed by atoms with Gasteiger partial charge in [0.2, 0.25) is 11.8 Å². The first-order chi connectivity index (χ1) is 11.4. The number of halogens is 3. The number of nitrogens with one attached hydrogen (secondary N) is 1. The molecular weight excluding hydrogens is 354 g/mol. The van der Waals surface area contributed by atoms with Crippen molar-refractivity contribution in [2.45, 2.75) is 6.42 Å². The molecule has 4 nitrogen and oxygen atoms in total. The topological polar surface area (TPSA) is 49.4 Å². The molecule has 2 rings (SSSR count). The van der Waals surface area contributed by atoms with Crippen molar-refractivity contribution >= 4 is 40.7 Å². The fourth-order valence-electron chi connectivity index (χ4n) is 2.01. The summed E-state index contributed by atoms with van der Waals surface area (Å²) in [6, 6.07) is 10.5. The Labute approximate surface area is 149 Å². The highest BCUT2D eigenvalue weighted by molar-refractivity contribution is 6.39. The first-order valence-corrected chi connectivity index (χ1v) is 7.84. The van der Waals surface area contributed by atoms with Gasteiger partial charge in [-0.15, -0.1) is 0 Å². The van der Waals surface area contributed by atoms with Gasteiger partial charge in [-0.2, -0.15) is 0 Å². The first-order valence-electron chi connectivity index (χ1n) is 7.09. The van der Waals surface area contributed by atoms with E-state index >= 15 is 0 Å². The summed E-state index contributed by atoms with van der Waals surface area (Å²) in [7, 11) is 1.51. The second-order valence-corrected chi connectivity index (χ2v) is 6.01. The third-order valence-electron chi connectivity index (χ3n) is 3.30. The normalized spacial score (nSPS) is 10.3. The zero-order chi connectivity index (χ0) is 17.7. The smallest absolute Gasteiger partial charge is 0.244 e. The molecule has 0 saturated carbocycles. The summed E-state index contributed by atoms with van der Waals surface area (Å²) in [4.78, 5) is 25.5. The molecule has 2 aromatic rings. The van der Waals surface area contributed by atoms with Crippen molar-refractivity contribution in [2.24, 2.45) is 0 Å². The fourth-order valence-corrected chi connectivity index (χ4v) is 2.50. The van der Waals surface area contributed by atoms with Gasteiger partial charge in [-0.3, -0.25) is 9.59 Å². The first kappa shape index (κ1) is 18.2. The van der Waals surface area contributed by atoms with Crippen molar-refractivity contribution in [3.63, 3.8) is 0 Å². The quantitative estimate of drug-likeness (QED) is 0.872. The summed E-state index contributed by atoms with van der Waals surface area (Å²) >= 11 is 12.0. The van der Waals surface area contributed by atoms with Gasteiger partial charge in [-0.25, -0.2) is 4.39 Å². The van der Waals surface area contributed by atoms with Crippen LogP contribution in [0.2, 0.25) is 10.0 Å². The van der Waals surface area contributed by atoms with Gasteiger partial charge in [-0.1, -0.05) is 41.4 Å². The van der Waals surface area contributed by atoms with Crippen molar-refractivity contribution < 1.29 is 14.0 Å². The molecule has 126 valence electrons. The third-order valence-corrected chi connectivity index (χ3v) is 3.93. The van der Waals surface area contributed by atoms with E-state index < -0.39 is 5.91 Å². The van der Waals surface area contributed by atoms with Crippen LogP contribution in [0.15, 0.2) is 42.5 Å². The minimum Gasteiger partial charge on any atom is -0.336 e. The minimum atomic E-state index is -0.417. The SMILES string of the molecule is CN(CC(=O)Nc1c(Cl)cccc1Cl)C(=O)Cc1ccc(F)cc1. The van der Waals surface area contributed by atoms with E-state index in [1.165, 1.54) is 36.2 Å². The average molecular weight is 369 g/mol. The summed E-state index contributed by atoms with van der Waals surface area (Å²) in [6.07, 6.45) is 0.0803. The Morgan fingerprint density at radius 3 is 2.25 bits per heavy atom. The molecule has 0 saturated heterocycles.